The van der Waals surface area contributed by atoms with Crippen molar-refractivity contribution in [2.45, 2.75) is 26.7 Å². The minimum atomic E-state index is -3.91. The highest BCUT2D eigenvalue weighted by molar-refractivity contribution is 7.91. The molecule has 1 heterocycles. The average molecular weight is 360 g/mol. The molecule has 3 N–H and O–H groups in total. The Labute approximate surface area is 147 Å². The van der Waals surface area contributed by atoms with Crippen molar-refractivity contribution in [3.63, 3.8) is 0 Å². The largest absolute Gasteiger partial charge is 0.506 e. The van der Waals surface area contributed by atoms with Gasteiger partial charge in [0, 0.05) is 0 Å². The first kappa shape index (κ1) is 17.2. The van der Waals surface area contributed by atoms with Crippen molar-refractivity contribution < 1.29 is 18.6 Å². The summed E-state index contributed by atoms with van der Waals surface area (Å²) in [5.41, 5.74) is 4.67. The van der Waals surface area contributed by atoms with Crippen molar-refractivity contribution in [1.82, 2.24) is 4.72 Å². The van der Waals surface area contributed by atoms with E-state index in [1.165, 1.54) is 22.8 Å². The Kier molecular flexibility index (Phi) is 4.34. The number of aliphatic hydroxyl groups is 1. The Morgan fingerprint density at radius 1 is 1.04 bits per heavy atom. The third-order valence-electron chi connectivity index (χ3n) is 4.20. The van der Waals surface area contributed by atoms with E-state index < -0.39 is 16.1 Å². The fraction of sp³-hybridized carbons (Fsp3) is 0.222. The van der Waals surface area contributed by atoms with Crippen LogP contribution in [-0.4, -0.2) is 18.6 Å². The summed E-state index contributed by atoms with van der Waals surface area (Å²) in [5.74, 6) is -0.645. The molecule has 0 bridgehead atoms. The van der Waals surface area contributed by atoms with Gasteiger partial charge < -0.3 is 10.2 Å². The van der Waals surface area contributed by atoms with Crippen molar-refractivity contribution in [3.8, 4) is 5.75 Å². The van der Waals surface area contributed by atoms with E-state index in [2.05, 4.69) is 32.0 Å². The van der Waals surface area contributed by atoms with Crippen LogP contribution in [0.25, 0.3) is 0 Å². The number of aromatic hydroxyl groups is 1. The van der Waals surface area contributed by atoms with Crippen molar-refractivity contribution in [3.05, 3.63) is 70.7 Å². The number of rotatable bonds is 4. The number of nitrogens with zero attached hydrogens (tertiary/aromatic N) is 1. The third-order valence-corrected chi connectivity index (χ3v) is 5.48. The molecular formula is C18H20N2O4S. The van der Waals surface area contributed by atoms with Crippen molar-refractivity contribution in [2.75, 3.05) is 4.31 Å². The molecule has 0 amide bonds. The molecule has 25 heavy (non-hydrogen) atoms. The Morgan fingerprint density at radius 2 is 1.80 bits per heavy atom. The first-order valence-corrected chi connectivity index (χ1v) is 9.31. The number of anilines is 1. The van der Waals surface area contributed by atoms with Crippen LogP contribution in [0.3, 0.4) is 0 Å². The molecule has 0 fully saturated rings. The number of aryl methyl sites for hydroxylation is 4. The fourth-order valence-corrected chi connectivity index (χ4v) is 3.91. The van der Waals surface area contributed by atoms with Gasteiger partial charge in [-0.1, -0.05) is 29.8 Å². The molecule has 6 nitrogen and oxygen atoms in total. The second kappa shape index (κ2) is 6.33. The summed E-state index contributed by atoms with van der Waals surface area (Å²) in [7, 11) is -3.91. The van der Waals surface area contributed by atoms with Gasteiger partial charge in [0.2, 0.25) is 5.88 Å². The van der Waals surface area contributed by atoms with Crippen LogP contribution in [0.5, 0.6) is 5.75 Å². The molecule has 0 radical (unpaired) electrons. The monoisotopic (exact) mass is 360 g/mol. The van der Waals surface area contributed by atoms with Crippen molar-refractivity contribution in [1.29, 1.82) is 0 Å². The highest BCUT2D eigenvalue weighted by atomic mass is 32.2. The Hall–Kier alpha value is -2.67. The van der Waals surface area contributed by atoms with Gasteiger partial charge in [-0.2, -0.15) is 8.42 Å². The smallest absolute Gasteiger partial charge is 0.330 e. The fourth-order valence-electron chi connectivity index (χ4n) is 2.85. The van der Waals surface area contributed by atoms with Crippen LogP contribution >= 0.6 is 0 Å². The van der Waals surface area contributed by atoms with Gasteiger partial charge >= 0.3 is 10.2 Å². The first-order valence-electron chi connectivity index (χ1n) is 7.87. The van der Waals surface area contributed by atoms with Crippen LogP contribution in [0.2, 0.25) is 0 Å². The summed E-state index contributed by atoms with van der Waals surface area (Å²) in [6.45, 7) is 4.12. The van der Waals surface area contributed by atoms with Gasteiger partial charge in [0.1, 0.15) is 11.4 Å². The standard InChI is InChI=1S/C18H20N2O4S/c1-12-3-4-13(2)15(9-12)7-5-14-6-8-16(17(21)10-14)20-11-18(22)19-25(20,23)24/h3-4,6,8-11,19,21-22H,5,7H2,1-2H3. The van der Waals surface area contributed by atoms with Crippen LogP contribution in [0.15, 0.2) is 48.5 Å². The van der Waals surface area contributed by atoms with Crippen LogP contribution < -0.4 is 9.03 Å². The average Bonchev–Trinajstić information content (AvgIpc) is 2.81. The SMILES string of the molecule is Cc1ccc(C)c(CCc2ccc(N3C=C(O)NS3(=O)=O)c(O)c2)c1. The lowest BCUT2D eigenvalue weighted by Gasteiger charge is -2.16. The van der Waals surface area contributed by atoms with Gasteiger partial charge in [-0.15, -0.1) is 0 Å². The molecule has 2 aromatic carbocycles. The van der Waals surface area contributed by atoms with E-state index in [1.807, 2.05) is 4.72 Å². The summed E-state index contributed by atoms with van der Waals surface area (Å²) in [4.78, 5) is 0. The normalized spacial score (nSPS) is 15.8. The van der Waals surface area contributed by atoms with Crippen LogP contribution in [0, 0.1) is 13.8 Å². The number of phenols is 1. The molecule has 0 spiro atoms. The number of aliphatic hydroxyl groups excluding tert-OH is 1. The summed E-state index contributed by atoms with van der Waals surface area (Å²) in [5, 5.41) is 19.6. The maximum atomic E-state index is 11.9. The van der Waals surface area contributed by atoms with Crippen molar-refractivity contribution in [2.24, 2.45) is 0 Å². The van der Waals surface area contributed by atoms with Crippen molar-refractivity contribution >= 4 is 15.9 Å². The summed E-state index contributed by atoms with van der Waals surface area (Å²) < 4.78 is 26.5. The van der Waals surface area contributed by atoms with E-state index in [0.717, 1.165) is 28.9 Å². The topological polar surface area (TPSA) is 89.9 Å². The lowest BCUT2D eigenvalue weighted by Crippen LogP contribution is -2.29. The molecule has 0 saturated carbocycles. The molecule has 0 aliphatic carbocycles. The van der Waals surface area contributed by atoms with Gasteiger partial charge in [-0.05, 0) is 55.5 Å². The first-order chi connectivity index (χ1) is 11.8. The van der Waals surface area contributed by atoms with Crippen LogP contribution in [-0.2, 0) is 23.1 Å². The van der Waals surface area contributed by atoms with Gasteiger partial charge in [-0.25, -0.2) is 9.03 Å². The number of hydrogen-bond donors (Lipinski definition) is 3. The maximum Gasteiger partial charge on any atom is 0.330 e. The minimum Gasteiger partial charge on any atom is -0.506 e. The van der Waals surface area contributed by atoms with Crippen LogP contribution in [0.1, 0.15) is 22.3 Å². The lowest BCUT2D eigenvalue weighted by molar-refractivity contribution is 0.392. The van der Waals surface area contributed by atoms with E-state index >= 15 is 0 Å². The molecule has 0 saturated heterocycles. The predicted molar refractivity (Wildman–Crippen MR) is 96.7 cm³/mol. The van der Waals surface area contributed by atoms with Gasteiger partial charge in [-0.3, -0.25) is 0 Å². The van der Waals surface area contributed by atoms with E-state index in [4.69, 9.17) is 0 Å². The summed E-state index contributed by atoms with van der Waals surface area (Å²) in [6.07, 6.45) is 2.57. The summed E-state index contributed by atoms with van der Waals surface area (Å²) >= 11 is 0. The molecule has 1 aliphatic rings. The number of phenolic OH excluding ortho intramolecular Hbond substituents is 1. The third kappa shape index (κ3) is 3.56. The Balaban J connectivity index is 1.80. The highest BCUT2D eigenvalue weighted by Crippen LogP contribution is 2.32. The Bertz CT molecular complexity index is 952. The molecule has 132 valence electrons. The molecule has 2 aromatic rings. The molecule has 7 heteroatoms. The zero-order valence-electron chi connectivity index (χ0n) is 14.0. The van der Waals surface area contributed by atoms with E-state index in [9.17, 15) is 18.6 Å². The lowest BCUT2D eigenvalue weighted by atomic mass is 9.98. The quantitative estimate of drug-likeness (QED) is 0.782. The molecule has 0 aromatic heterocycles. The predicted octanol–water partition coefficient (Wildman–Crippen LogP) is 2.81. The Morgan fingerprint density at radius 3 is 2.44 bits per heavy atom. The van der Waals surface area contributed by atoms with Gasteiger partial charge in [0.15, 0.2) is 0 Å². The van der Waals surface area contributed by atoms with Gasteiger partial charge in [0.25, 0.3) is 0 Å². The van der Waals surface area contributed by atoms with E-state index in [-0.39, 0.29) is 11.4 Å². The van der Waals surface area contributed by atoms with Gasteiger partial charge in [0.05, 0.1) is 6.20 Å². The number of nitrogens with one attached hydrogen (secondary N) is 1. The zero-order valence-corrected chi connectivity index (χ0v) is 14.8. The molecule has 0 unspecified atom stereocenters. The molecule has 1 aliphatic heterocycles. The highest BCUT2D eigenvalue weighted by Gasteiger charge is 2.30. The van der Waals surface area contributed by atoms with E-state index in [0.29, 0.717) is 0 Å². The van der Waals surface area contributed by atoms with Crippen LogP contribution in [0.4, 0.5) is 5.69 Å². The second-order valence-electron chi connectivity index (χ2n) is 6.17. The zero-order chi connectivity index (χ0) is 18.2. The minimum absolute atomic E-state index is 0.0898. The number of hydrogen-bond acceptors (Lipinski definition) is 4. The second-order valence-corrected chi connectivity index (χ2v) is 7.72. The summed E-state index contributed by atoms with van der Waals surface area (Å²) in [6, 6.07) is 11.2. The van der Waals surface area contributed by atoms with E-state index in [1.54, 1.807) is 12.1 Å². The number of benzene rings is 2. The molecule has 3 rings (SSSR count). The maximum absolute atomic E-state index is 11.9. The molecular weight excluding hydrogens is 340 g/mol. The molecule has 0 atom stereocenters.